The lowest BCUT2D eigenvalue weighted by molar-refractivity contribution is 0.273. The van der Waals surface area contributed by atoms with E-state index in [0.717, 1.165) is 30.1 Å². The molecule has 0 N–H and O–H groups in total. The van der Waals surface area contributed by atoms with Crippen molar-refractivity contribution < 1.29 is 0 Å². The Bertz CT molecular complexity index is 689. The number of nitrogens with zero attached hydrogens (tertiary/aromatic N) is 1. The Balaban J connectivity index is 1.25. The molecule has 2 saturated carbocycles. The molecular weight excluding hydrogens is 362 g/mol. The molecule has 0 aromatic heterocycles. The van der Waals surface area contributed by atoms with E-state index in [4.69, 9.17) is 5.26 Å². The van der Waals surface area contributed by atoms with Crippen LogP contribution in [0, 0.1) is 29.1 Å². The summed E-state index contributed by atoms with van der Waals surface area (Å²) in [5.41, 5.74) is 3.04. The number of benzene rings is 1. The fourth-order valence-electron chi connectivity index (χ4n) is 5.67. The number of rotatable bonds is 9. The Morgan fingerprint density at radius 2 is 1.43 bits per heavy atom. The lowest BCUT2D eigenvalue weighted by Gasteiger charge is -2.29. The van der Waals surface area contributed by atoms with Crippen LogP contribution in [0.15, 0.2) is 48.6 Å². The van der Waals surface area contributed by atoms with Gasteiger partial charge in [0.1, 0.15) is 0 Å². The zero-order valence-electron chi connectivity index (χ0n) is 19.1. The molecule has 0 radical (unpaired) electrons. The third-order valence-electron chi connectivity index (χ3n) is 7.74. The van der Waals surface area contributed by atoms with Crippen LogP contribution in [0.25, 0.3) is 0 Å². The Morgan fingerprint density at radius 1 is 0.833 bits per heavy atom. The maximum absolute atomic E-state index is 8.53. The summed E-state index contributed by atoms with van der Waals surface area (Å²) in [5.74, 6) is 3.49. The van der Waals surface area contributed by atoms with Crippen molar-refractivity contribution in [1.82, 2.24) is 0 Å². The van der Waals surface area contributed by atoms with Gasteiger partial charge in [-0.25, -0.2) is 0 Å². The van der Waals surface area contributed by atoms with E-state index in [-0.39, 0.29) is 0 Å². The molecule has 2 aliphatic carbocycles. The van der Waals surface area contributed by atoms with Crippen molar-refractivity contribution in [3.05, 3.63) is 59.7 Å². The highest BCUT2D eigenvalue weighted by atomic mass is 14.3. The van der Waals surface area contributed by atoms with E-state index in [9.17, 15) is 0 Å². The van der Waals surface area contributed by atoms with Gasteiger partial charge in [-0.05, 0) is 92.6 Å². The van der Waals surface area contributed by atoms with E-state index in [1.165, 1.54) is 82.6 Å². The standard InChI is InChI=1S/C29H41N/c1-2-24-15-19-28(20-16-24)29-21-17-27(18-22-29)10-6-5-9-26-13-11-25(12-14-26)8-4-3-7-23-30/h3-4,7-8,15-16,19-20,25-27,29H,2,5-6,9-14,17-18,21-22H2,1H3/b7-3+,8-4+/t25-,26-,27-,29-. The van der Waals surface area contributed by atoms with Crippen LogP contribution in [0.1, 0.15) is 101 Å². The third-order valence-corrected chi connectivity index (χ3v) is 7.74. The molecular formula is C29H41N. The van der Waals surface area contributed by atoms with Gasteiger partial charge in [-0.1, -0.05) is 75.1 Å². The summed E-state index contributed by atoms with van der Waals surface area (Å²) >= 11 is 0. The van der Waals surface area contributed by atoms with Crippen LogP contribution in [-0.2, 0) is 6.42 Å². The van der Waals surface area contributed by atoms with Gasteiger partial charge in [-0.15, -0.1) is 0 Å². The molecule has 3 rings (SSSR count). The number of allylic oxidation sites excluding steroid dienone is 4. The molecule has 2 fully saturated rings. The summed E-state index contributed by atoms with van der Waals surface area (Å²) in [6.07, 6.45) is 25.9. The topological polar surface area (TPSA) is 23.8 Å². The highest BCUT2D eigenvalue weighted by Gasteiger charge is 2.23. The molecule has 1 aromatic rings. The molecule has 1 nitrogen and oxygen atoms in total. The summed E-state index contributed by atoms with van der Waals surface area (Å²) in [6, 6.07) is 11.5. The summed E-state index contributed by atoms with van der Waals surface area (Å²) < 4.78 is 0. The molecule has 0 aliphatic heterocycles. The highest BCUT2D eigenvalue weighted by molar-refractivity contribution is 5.25. The molecule has 0 saturated heterocycles. The molecule has 0 unspecified atom stereocenters. The molecule has 0 atom stereocenters. The van der Waals surface area contributed by atoms with E-state index in [0.29, 0.717) is 0 Å². The van der Waals surface area contributed by atoms with Crippen molar-refractivity contribution in [3.8, 4) is 6.07 Å². The minimum atomic E-state index is 0.734. The normalized spacial score (nSPS) is 27.5. The first-order chi connectivity index (χ1) is 14.8. The molecule has 0 spiro atoms. The second-order valence-electron chi connectivity index (χ2n) is 9.75. The van der Waals surface area contributed by atoms with Gasteiger partial charge in [0.25, 0.3) is 0 Å². The number of aryl methyl sites for hydroxylation is 1. The van der Waals surface area contributed by atoms with E-state index < -0.39 is 0 Å². The third kappa shape index (κ3) is 7.46. The van der Waals surface area contributed by atoms with Crippen LogP contribution in [0.3, 0.4) is 0 Å². The molecule has 0 bridgehead atoms. The second-order valence-corrected chi connectivity index (χ2v) is 9.75. The Kier molecular flexibility index (Phi) is 9.75. The number of hydrogen-bond acceptors (Lipinski definition) is 1. The molecule has 0 amide bonds. The van der Waals surface area contributed by atoms with Crippen LogP contribution >= 0.6 is 0 Å². The zero-order valence-corrected chi connectivity index (χ0v) is 19.1. The van der Waals surface area contributed by atoms with Crippen molar-refractivity contribution in [2.24, 2.45) is 17.8 Å². The first kappa shape index (κ1) is 22.9. The Morgan fingerprint density at radius 3 is 2.00 bits per heavy atom. The second kappa shape index (κ2) is 12.8. The summed E-state index contributed by atoms with van der Waals surface area (Å²) in [4.78, 5) is 0. The SMILES string of the molecule is CCc1ccc([C@H]2CC[C@H](CCCC[C@H]3CC[C@H](/C=C/C=C/C#N)CC3)CC2)cc1. The van der Waals surface area contributed by atoms with Crippen molar-refractivity contribution in [2.75, 3.05) is 0 Å². The lowest BCUT2D eigenvalue weighted by Crippen LogP contribution is -2.14. The van der Waals surface area contributed by atoms with E-state index in [2.05, 4.69) is 43.3 Å². The van der Waals surface area contributed by atoms with Crippen LogP contribution in [0.2, 0.25) is 0 Å². The molecule has 1 heteroatoms. The fourth-order valence-corrected chi connectivity index (χ4v) is 5.67. The monoisotopic (exact) mass is 403 g/mol. The highest BCUT2D eigenvalue weighted by Crippen LogP contribution is 2.38. The smallest absolute Gasteiger partial charge is 0.0912 e. The molecule has 30 heavy (non-hydrogen) atoms. The van der Waals surface area contributed by atoms with Crippen molar-refractivity contribution in [1.29, 1.82) is 5.26 Å². The van der Waals surface area contributed by atoms with E-state index in [1.807, 2.05) is 12.1 Å². The average molecular weight is 404 g/mol. The number of unbranched alkanes of at least 4 members (excludes halogenated alkanes) is 1. The largest absolute Gasteiger partial charge is 0.193 e. The van der Waals surface area contributed by atoms with E-state index in [1.54, 1.807) is 11.6 Å². The lowest BCUT2D eigenvalue weighted by atomic mass is 9.76. The van der Waals surface area contributed by atoms with Gasteiger partial charge in [-0.3, -0.25) is 0 Å². The first-order valence-corrected chi connectivity index (χ1v) is 12.6. The molecule has 162 valence electrons. The predicted molar refractivity (Wildman–Crippen MR) is 128 cm³/mol. The minimum Gasteiger partial charge on any atom is -0.193 e. The van der Waals surface area contributed by atoms with Crippen LogP contribution in [0.4, 0.5) is 0 Å². The van der Waals surface area contributed by atoms with Gasteiger partial charge in [0.2, 0.25) is 0 Å². The molecule has 2 aliphatic rings. The van der Waals surface area contributed by atoms with Crippen molar-refractivity contribution >= 4 is 0 Å². The summed E-state index contributed by atoms with van der Waals surface area (Å²) in [5, 5.41) is 8.53. The Hall–Kier alpha value is -1.81. The van der Waals surface area contributed by atoms with Gasteiger partial charge < -0.3 is 0 Å². The molecule has 1 aromatic carbocycles. The fraction of sp³-hybridized carbons (Fsp3) is 0.621. The van der Waals surface area contributed by atoms with Gasteiger partial charge in [0.15, 0.2) is 0 Å². The average Bonchev–Trinajstić information content (AvgIpc) is 2.81. The summed E-state index contributed by atoms with van der Waals surface area (Å²) in [7, 11) is 0. The minimum absolute atomic E-state index is 0.734. The quantitative estimate of drug-likeness (QED) is 0.230. The number of hydrogen-bond donors (Lipinski definition) is 0. The Labute approximate surface area is 185 Å². The van der Waals surface area contributed by atoms with Crippen molar-refractivity contribution in [3.63, 3.8) is 0 Å². The maximum atomic E-state index is 8.53. The maximum Gasteiger partial charge on any atom is 0.0912 e. The zero-order chi connectivity index (χ0) is 21.0. The summed E-state index contributed by atoms with van der Waals surface area (Å²) in [6.45, 7) is 2.24. The van der Waals surface area contributed by atoms with Gasteiger partial charge >= 0.3 is 0 Å². The van der Waals surface area contributed by atoms with Gasteiger partial charge in [-0.2, -0.15) is 5.26 Å². The number of nitriles is 1. The van der Waals surface area contributed by atoms with Crippen LogP contribution < -0.4 is 0 Å². The van der Waals surface area contributed by atoms with Crippen molar-refractivity contribution in [2.45, 2.75) is 96.3 Å². The molecule has 0 heterocycles. The first-order valence-electron chi connectivity index (χ1n) is 12.6. The van der Waals surface area contributed by atoms with Crippen LogP contribution in [-0.4, -0.2) is 0 Å². The van der Waals surface area contributed by atoms with Gasteiger partial charge in [0.05, 0.1) is 6.07 Å². The predicted octanol–water partition coefficient (Wildman–Crippen LogP) is 8.53. The van der Waals surface area contributed by atoms with Gasteiger partial charge in [0, 0.05) is 6.08 Å². The van der Waals surface area contributed by atoms with Crippen LogP contribution in [0.5, 0.6) is 0 Å². The van der Waals surface area contributed by atoms with E-state index >= 15 is 0 Å².